The maximum Gasteiger partial charge on any atom is 0.307 e. The number of carboxylic acids is 1. The first kappa shape index (κ1) is 10.1. The van der Waals surface area contributed by atoms with E-state index < -0.39 is 5.97 Å². The van der Waals surface area contributed by atoms with Gasteiger partial charge in [-0.3, -0.25) is 9.78 Å². The number of benzene rings is 1. The number of aliphatic carboxylic acids is 1. The summed E-state index contributed by atoms with van der Waals surface area (Å²) >= 11 is 3.38. The summed E-state index contributed by atoms with van der Waals surface area (Å²) < 4.78 is 0.767. The Morgan fingerprint density at radius 3 is 2.93 bits per heavy atom. The Bertz CT molecular complexity index is 525. The highest BCUT2D eigenvalue weighted by atomic mass is 79.9. The van der Waals surface area contributed by atoms with Crippen molar-refractivity contribution in [2.45, 2.75) is 6.42 Å². The van der Waals surface area contributed by atoms with E-state index in [0.717, 1.165) is 20.9 Å². The Balaban J connectivity index is 2.59. The molecule has 4 heteroatoms. The van der Waals surface area contributed by atoms with Gasteiger partial charge in [0.15, 0.2) is 0 Å². The largest absolute Gasteiger partial charge is 0.481 e. The second-order valence-corrected chi connectivity index (χ2v) is 3.98. The van der Waals surface area contributed by atoms with E-state index in [9.17, 15) is 4.79 Å². The molecule has 0 atom stereocenters. The van der Waals surface area contributed by atoms with Crippen molar-refractivity contribution in [3.05, 3.63) is 40.5 Å². The minimum absolute atomic E-state index is 0.00704. The normalized spacial score (nSPS) is 10.5. The zero-order chi connectivity index (χ0) is 10.8. The zero-order valence-electron chi connectivity index (χ0n) is 7.77. The van der Waals surface area contributed by atoms with Crippen molar-refractivity contribution in [3.63, 3.8) is 0 Å². The third-order valence-electron chi connectivity index (χ3n) is 2.13. The molecule has 2 aromatic rings. The fourth-order valence-electron chi connectivity index (χ4n) is 1.45. The molecule has 1 N–H and O–H groups in total. The van der Waals surface area contributed by atoms with Gasteiger partial charge in [0.05, 0.1) is 11.9 Å². The third-order valence-corrected chi connectivity index (χ3v) is 3.02. The summed E-state index contributed by atoms with van der Waals surface area (Å²) in [4.78, 5) is 14.8. The van der Waals surface area contributed by atoms with Gasteiger partial charge in [0.2, 0.25) is 0 Å². The first-order valence-electron chi connectivity index (χ1n) is 4.42. The molecular weight excluding hydrogens is 258 g/mol. The Hall–Kier alpha value is -1.42. The van der Waals surface area contributed by atoms with Crippen LogP contribution in [0.1, 0.15) is 5.56 Å². The molecule has 1 aromatic heterocycles. The summed E-state index contributed by atoms with van der Waals surface area (Å²) in [6, 6.07) is 7.48. The van der Waals surface area contributed by atoms with E-state index in [0.29, 0.717) is 0 Å². The molecular formula is C11H8BrNO2. The molecule has 0 saturated heterocycles. The SMILES string of the molecule is O=C(O)Cc1ccc2cccnc2c1Br. The lowest BCUT2D eigenvalue weighted by Crippen LogP contribution is -2.01. The van der Waals surface area contributed by atoms with E-state index in [1.807, 2.05) is 24.3 Å². The van der Waals surface area contributed by atoms with E-state index in [4.69, 9.17) is 5.11 Å². The van der Waals surface area contributed by atoms with Crippen LogP contribution in [0.15, 0.2) is 34.9 Å². The molecule has 0 aliphatic heterocycles. The Morgan fingerprint density at radius 1 is 1.40 bits per heavy atom. The molecule has 15 heavy (non-hydrogen) atoms. The number of nitrogens with zero attached hydrogens (tertiary/aromatic N) is 1. The van der Waals surface area contributed by atoms with Gasteiger partial charge < -0.3 is 5.11 Å². The van der Waals surface area contributed by atoms with Gasteiger partial charge >= 0.3 is 5.97 Å². The lowest BCUT2D eigenvalue weighted by atomic mass is 10.1. The van der Waals surface area contributed by atoms with Crippen molar-refractivity contribution in [2.24, 2.45) is 0 Å². The van der Waals surface area contributed by atoms with Crippen LogP contribution >= 0.6 is 15.9 Å². The maximum absolute atomic E-state index is 10.6. The number of hydrogen-bond acceptors (Lipinski definition) is 2. The van der Waals surface area contributed by atoms with Crippen LogP contribution in [-0.4, -0.2) is 16.1 Å². The summed E-state index contributed by atoms with van der Waals surface area (Å²) in [5.74, 6) is -0.842. The molecule has 1 aromatic carbocycles. The molecule has 3 nitrogen and oxygen atoms in total. The van der Waals surface area contributed by atoms with E-state index in [-0.39, 0.29) is 6.42 Å². The van der Waals surface area contributed by atoms with Gasteiger partial charge in [-0.1, -0.05) is 18.2 Å². The number of hydrogen-bond donors (Lipinski definition) is 1. The number of fused-ring (bicyclic) bond motifs is 1. The fourth-order valence-corrected chi connectivity index (χ4v) is 2.05. The fraction of sp³-hybridized carbons (Fsp3) is 0.0909. The monoisotopic (exact) mass is 265 g/mol. The van der Waals surface area contributed by atoms with Gasteiger partial charge in [0.1, 0.15) is 0 Å². The topological polar surface area (TPSA) is 50.2 Å². The number of rotatable bonds is 2. The second-order valence-electron chi connectivity index (χ2n) is 3.18. The maximum atomic E-state index is 10.6. The van der Waals surface area contributed by atoms with Crippen LogP contribution in [0.4, 0.5) is 0 Å². The smallest absolute Gasteiger partial charge is 0.307 e. The van der Waals surface area contributed by atoms with Gasteiger partial charge in [-0.2, -0.15) is 0 Å². The molecule has 0 radical (unpaired) electrons. The molecule has 1 heterocycles. The molecule has 0 amide bonds. The van der Waals surface area contributed by atoms with Gasteiger partial charge in [0.25, 0.3) is 0 Å². The standard InChI is InChI=1S/C11H8BrNO2/c12-10-8(6-9(14)15)4-3-7-2-1-5-13-11(7)10/h1-5H,6H2,(H,14,15). The van der Waals surface area contributed by atoms with Crippen molar-refractivity contribution in [1.82, 2.24) is 4.98 Å². The molecule has 0 aliphatic carbocycles. The third kappa shape index (κ3) is 1.99. The number of aromatic nitrogens is 1. The van der Waals surface area contributed by atoms with Crippen molar-refractivity contribution >= 4 is 32.8 Å². The van der Waals surface area contributed by atoms with Crippen molar-refractivity contribution < 1.29 is 9.90 Å². The summed E-state index contributed by atoms with van der Waals surface area (Å²) in [6.07, 6.45) is 1.70. The zero-order valence-corrected chi connectivity index (χ0v) is 9.36. The second kappa shape index (κ2) is 3.98. The van der Waals surface area contributed by atoms with Crippen molar-refractivity contribution in [1.29, 1.82) is 0 Å². The van der Waals surface area contributed by atoms with Crippen LogP contribution in [0.2, 0.25) is 0 Å². The lowest BCUT2D eigenvalue weighted by molar-refractivity contribution is -0.136. The summed E-state index contributed by atoms with van der Waals surface area (Å²) in [6.45, 7) is 0. The lowest BCUT2D eigenvalue weighted by Gasteiger charge is -2.04. The van der Waals surface area contributed by atoms with Crippen LogP contribution in [0.3, 0.4) is 0 Å². The van der Waals surface area contributed by atoms with E-state index >= 15 is 0 Å². The number of carboxylic acid groups (broad SMARTS) is 1. The first-order valence-corrected chi connectivity index (χ1v) is 5.21. The number of carbonyl (C=O) groups is 1. The Labute approximate surface area is 94.9 Å². The van der Waals surface area contributed by atoms with E-state index in [2.05, 4.69) is 20.9 Å². The summed E-state index contributed by atoms with van der Waals surface area (Å²) in [5.41, 5.74) is 1.55. The average Bonchev–Trinajstić information content (AvgIpc) is 2.22. The van der Waals surface area contributed by atoms with E-state index in [1.54, 1.807) is 6.20 Å². The highest BCUT2D eigenvalue weighted by Crippen LogP contribution is 2.26. The summed E-state index contributed by atoms with van der Waals surface area (Å²) in [7, 11) is 0. The van der Waals surface area contributed by atoms with Crippen LogP contribution in [0.25, 0.3) is 10.9 Å². The molecule has 0 spiro atoms. The first-order chi connectivity index (χ1) is 7.18. The van der Waals surface area contributed by atoms with Crippen molar-refractivity contribution in [3.8, 4) is 0 Å². The Morgan fingerprint density at radius 2 is 2.20 bits per heavy atom. The van der Waals surface area contributed by atoms with Gasteiger partial charge in [0, 0.05) is 16.1 Å². The van der Waals surface area contributed by atoms with Gasteiger partial charge in [-0.05, 0) is 27.6 Å². The number of pyridine rings is 1. The molecule has 0 fully saturated rings. The minimum atomic E-state index is -0.842. The van der Waals surface area contributed by atoms with Crippen LogP contribution in [0, 0.1) is 0 Å². The van der Waals surface area contributed by atoms with Gasteiger partial charge in [-0.25, -0.2) is 0 Å². The van der Waals surface area contributed by atoms with Crippen LogP contribution in [-0.2, 0) is 11.2 Å². The van der Waals surface area contributed by atoms with Crippen molar-refractivity contribution in [2.75, 3.05) is 0 Å². The highest BCUT2D eigenvalue weighted by molar-refractivity contribution is 9.10. The average molecular weight is 266 g/mol. The number of halogens is 1. The molecule has 0 unspecified atom stereocenters. The molecule has 0 bridgehead atoms. The molecule has 76 valence electrons. The molecule has 0 aliphatic rings. The minimum Gasteiger partial charge on any atom is -0.481 e. The van der Waals surface area contributed by atoms with Crippen LogP contribution < -0.4 is 0 Å². The Kier molecular flexibility index (Phi) is 2.68. The predicted molar refractivity (Wildman–Crippen MR) is 60.8 cm³/mol. The van der Waals surface area contributed by atoms with E-state index in [1.165, 1.54) is 0 Å². The molecule has 2 rings (SSSR count). The van der Waals surface area contributed by atoms with Gasteiger partial charge in [-0.15, -0.1) is 0 Å². The predicted octanol–water partition coefficient (Wildman–Crippen LogP) is 2.62. The highest BCUT2D eigenvalue weighted by Gasteiger charge is 2.08. The van der Waals surface area contributed by atoms with Crippen LogP contribution in [0.5, 0.6) is 0 Å². The quantitative estimate of drug-likeness (QED) is 0.908. The summed E-state index contributed by atoms with van der Waals surface area (Å²) in [5, 5.41) is 9.72. The molecule has 0 saturated carbocycles.